The van der Waals surface area contributed by atoms with Gasteiger partial charge in [-0.15, -0.1) is 11.3 Å². The van der Waals surface area contributed by atoms with Gasteiger partial charge in [0.25, 0.3) is 5.56 Å². The van der Waals surface area contributed by atoms with E-state index in [9.17, 15) is 18.0 Å². The van der Waals surface area contributed by atoms with Crippen LogP contribution in [0.5, 0.6) is 5.75 Å². The number of halogens is 3. The van der Waals surface area contributed by atoms with Crippen LogP contribution in [0.3, 0.4) is 0 Å². The summed E-state index contributed by atoms with van der Waals surface area (Å²) in [6.07, 6.45) is 0.734. The molecule has 176 valence electrons. The molecule has 2 fully saturated rings. The Bertz CT molecular complexity index is 1220. The summed E-state index contributed by atoms with van der Waals surface area (Å²) in [7, 11) is 1.63. The highest BCUT2D eigenvalue weighted by atomic mass is 32.1. The molecule has 0 N–H and O–H groups in total. The lowest BCUT2D eigenvalue weighted by atomic mass is 10.1. The molecule has 1 atom stereocenters. The topological polar surface area (TPSA) is 53.4 Å². The van der Waals surface area contributed by atoms with Gasteiger partial charge in [-0.2, -0.15) is 18.3 Å². The molecule has 5 rings (SSSR count). The lowest BCUT2D eigenvalue weighted by Gasteiger charge is -2.13. The molecule has 1 saturated carbocycles. The average Bonchev–Trinajstić information content (AvgIpc) is 3.29. The van der Waals surface area contributed by atoms with E-state index in [1.165, 1.54) is 22.1 Å². The fourth-order valence-electron chi connectivity index (χ4n) is 4.29. The van der Waals surface area contributed by atoms with Crippen molar-refractivity contribution >= 4 is 21.4 Å². The first-order valence-electron chi connectivity index (χ1n) is 11.2. The van der Waals surface area contributed by atoms with Crippen LogP contribution >= 0.6 is 11.3 Å². The van der Waals surface area contributed by atoms with Crippen LogP contribution in [0.2, 0.25) is 0 Å². The van der Waals surface area contributed by atoms with Gasteiger partial charge in [-0.3, -0.25) is 4.79 Å². The van der Waals surface area contributed by atoms with Crippen LogP contribution in [0.15, 0.2) is 29.1 Å². The predicted octanol–water partition coefficient (Wildman–Crippen LogP) is 5.11. The van der Waals surface area contributed by atoms with Crippen molar-refractivity contribution in [2.24, 2.45) is 13.0 Å². The van der Waals surface area contributed by atoms with Gasteiger partial charge in [-0.05, 0) is 49.7 Å². The Morgan fingerprint density at radius 1 is 1.27 bits per heavy atom. The van der Waals surface area contributed by atoms with E-state index in [4.69, 9.17) is 9.47 Å². The van der Waals surface area contributed by atoms with Crippen molar-refractivity contribution in [3.05, 3.63) is 56.3 Å². The summed E-state index contributed by atoms with van der Waals surface area (Å²) in [5.74, 6) is 1.03. The first kappa shape index (κ1) is 22.4. The zero-order valence-corrected chi connectivity index (χ0v) is 19.1. The number of aromatic nitrogens is 2. The molecule has 2 aromatic heterocycles. The maximum absolute atomic E-state index is 13.2. The van der Waals surface area contributed by atoms with E-state index in [0.717, 1.165) is 59.5 Å². The lowest BCUT2D eigenvalue weighted by molar-refractivity contribution is -0.137. The number of benzene rings is 1. The van der Waals surface area contributed by atoms with E-state index in [-0.39, 0.29) is 18.1 Å². The zero-order valence-electron chi connectivity index (χ0n) is 18.3. The molecule has 2 aliphatic rings. The Balaban J connectivity index is 1.57. The third-order valence-electron chi connectivity index (χ3n) is 6.21. The number of hydrogen-bond acceptors (Lipinski definition) is 5. The molecule has 1 aliphatic carbocycles. The third-order valence-corrected chi connectivity index (χ3v) is 7.43. The molecule has 9 heteroatoms. The van der Waals surface area contributed by atoms with Crippen molar-refractivity contribution in [1.82, 2.24) is 9.78 Å². The largest absolute Gasteiger partial charge is 0.489 e. The highest BCUT2D eigenvalue weighted by Gasteiger charge is 2.31. The standard InChI is InChI=1S/C24H25F3N2O3S/c1-29-23(30)20-21(32-13-17-6-3-9-31-17)19(33-22(20)18(28-29)11-14-7-8-14)12-15-4-2-5-16(10-15)24(25,26)27/h2,4-5,10,14,17H,3,6-9,11-13H2,1H3. The Labute approximate surface area is 193 Å². The van der Waals surface area contributed by atoms with Crippen molar-refractivity contribution in [1.29, 1.82) is 0 Å². The van der Waals surface area contributed by atoms with Crippen molar-refractivity contribution in [2.75, 3.05) is 13.2 Å². The summed E-state index contributed by atoms with van der Waals surface area (Å²) in [5.41, 5.74) is 0.442. The van der Waals surface area contributed by atoms with E-state index in [1.807, 2.05) is 0 Å². The van der Waals surface area contributed by atoms with Crippen LogP contribution in [0.1, 0.15) is 47.4 Å². The second-order valence-corrected chi connectivity index (χ2v) is 10.0. The molecular formula is C24H25F3N2O3S. The molecular weight excluding hydrogens is 453 g/mol. The molecule has 1 aromatic carbocycles. The molecule has 0 radical (unpaired) electrons. The second kappa shape index (κ2) is 8.76. The molecule has 3 heterocycles. The first-order valence-corrected chi connectivity index (χ1v) is 12.0. The van der Waals surface area contributed by atoms with Gasteiger partial charge in [-0.1, -0.05) is 18.2 Å². The van der Waals surface area contributed by atoms with E-state index in [1.54, 1.807) is 13.1 Å². The molecule has 3 aromatic rings. The molecule has 5 nitrogen and oxygen atoms in total. The van der Waals surface area contributed by atoms with Crippen LogP contribution in [0.25, 0.3) is 10.1 Å². The summed E-state index contributed by atoms with van der Waals surface area (Å²) >= 11 is 1.41. The Hall–Kier alpha value is -2.39. The van der Waals surface area contributed by atoms with E-state index < -0.39 is 11.7 Å². The van der Waals surface area contributed by atoms with Gasteiger partial charge in [0.2, 0.25) is 0 Å². The normalized spacial score (nSPS) is 18.8. The number of fused-ring (bicyclic) bond motifs is 1. The number of hydrogen-bond donors (Lipinski definition) is 0. The Morgan fingerprint density at radius 3 is 2.79 bits per heavy atom. The molecule has 1 saturated heterocycles. The quantitative estimate of drug-likeness (QED) is 0.473. The molecule has 1 aliphatic heterocycles. The second-order valence-electron chi connectivity index (χ2n) is 8.90. The molecule has 0 spiro atoms. The first-order chi connectivity index (χ1) is 15.8. The number of nitrogens with zero attached hydrogens (tertiary/aromatic N) is 2. The molecule has 0 bridgehead atoms. The monoisotopic (exact) mass is 478 g/mol. The fraction of sp³-hybridized carbons (Fsp3) is 0.500. The van der Waals surface area contributed by atoms with Gasteiger partial charge in [0.05, 0.1) is 26.9 Å². The van der Waals surface area contributed by atoms with E-state index >= 15 is 0 Å². The summed E-state index contributed by atoms with van der Waals surface area (Å²) < 4.78 is 53.7. The van der Waals surface area contributed by atoms with Gasteiger partial charge in [0, 0.05) is 20.1 Å². The van der Waals surface area contributed by atoms with Gasteiger partial charge < -0.3 is 9.47 Å². The highest BCUT2D eigenvalue weighted by Crippen LogP contribution is 2.42. The van der Waals surface area contributed by atoms with Crippen LogP contribution in [0.4, 0.5) is 13.2 Å². The average molecular weight is 479 g/mol. The molecule has 0 amide bonds. The van der Waals surface area contributed by atoms with Crippen LogP contribution in [0, 0.1) is 5.92 Å². The molecule has 33 heavy (non-hydrogen) atoms. The number of thiophene rings is 1. The van der Waals surface area contributed by atoms with Gasteiger partial charge in [0.1, 0.15) is 17.7 Å². The van der Waals surface area contributed by atoms with Gasteiger partial charge in [0.15, 0.2) is 0 Å². The predicted molar refractivity (Wildman–Crippen MR) is 120 cm³/mol. The minimum atomic E-state index is -4.41. The lowest BCUT2D eigenvalue weighted by Crippen LogP contribution is -2.22. The van der Waals surface area contributed by atoms with Gasteiger partial charge in [-0.25, -0.2) is 4.68 Å². The number of ether oxygens (including phenoxy) is 2. The number of rotatable bonds is 7. The van der Waals surface area contributed by atoms with Crippen molar-refractivity contribution in [3.63, 3.8) is 0 Å². The minimum absolute atomic E-state index is 0.0435. The van der Waals surface area contributed by atoms with E-state index in [2.05, 4.69) is 5.10 Å². The smallest absolute Gasteiger partial charge is 0.416 e. The summed E-state index contributed by atoms with van der Waals surface area (Å²) in [6, 6.07) is 5.31. The van der Waals surface area contributed by atoms with Gasteiger partial charge >= 0.3 is 6.18 Å². The van der Waals surface area contributed by atoms with Crippen LogP contribution < -0.4 is 10.3 Å². The van der Waals surface area contributed by atoms with Crippen molar-refractivity contribution < 1.29 is 22.6 Å². The minimum Gasteiger partial charge on any atom is -0.489 e. The van der Waals surface area contributed by atoms with Crippen molar-refractivity contribution in [3.8, 4) is 5.75 Å². The summed E-state index contributed by atoms with van der Waals surface area (Å²) in [6.45, 7) is 0.998. The Morgan fingerprint density at radius 2 is 2.09 bits per heavy atom. The fourth-order valence-corrected chi connectivity index (χ4v) is 5.55. The van der Waals surface area contributed by atoms with Crippen LogP contribution in [-0.2, 0) is 30.8 Å². The SMILES string of the molecule is Cn1nc(CC2CC2)c2sc(Cc3cccc(C(F)(F)F)c3)c(OCC3CCCO3)c2c1=O. The number of alkyl halides is 3. The molecule has 1 unspecified atom stereocenters. The third kappa shape index (κ3) is 4.80. The summed E-state index contributed by atoms with van der Waals surface area (Å²) in [4.78, 5) is 13.8. The highest BCUT2D eigenvalue weighted by molar-refractivity contribution is 7.19. The maximum Gasteiger partial charge on any atom is 0.416 e. The number of aryl methyl sites for hydroxylation is 1. The Kier molecular flexibility index (Phi) is 5.95. The van der Waals surface area contributed by atoms with Crippen molar-refractivity contribution in [2.45, 2.75) is 50.8 Å². The zero-order chi connectivity index (χ0) is 23.2. The van der Waals surface area contributed by atoms with Crippen LogP contribution in [-0.4, -0.2) is 29.1 Å². The van der Waals surface area contributed by atoms with E-state index in [0.29, 0.717) is 35.8 Å². The maximum atomic E-state index is 13.2. The summed E-state index contributed by atoms with van der Waals surface area (Å²) in [5, 5.41) is 4.99.